The van der Waals surface area contributed by atoms with E-state index in [2.05, 4.69) is 40.7 Å². The molecule has 2 heterocycles. The summed E-state index contributed by atoms with van der Waals surface area (Å²) >= 11 is 0. The van der Waals surface area contributed by atoms with Gasteiger partial charge in [0.15, 0.2) is 17.0 Å². The van der Waals surface area contributed by atoms with Gasteiger partial charge in [0, 0.05) is 0 Å². The first-order chi connectivity index (χ1) is 9.58. The van der Waals surface area contributed by atoms with E-state index in [1.165, 1.54) is 24.7 Å². The van der Waals surface area contributed by atoms with Gasteiger partial charge in [0.1, 0.15) is 6.33 Å². The molecule has 1 aliphatic carbocycles. The quantitative estimate of drug-likeness (QED) is 0.848. The van der Waals surface area contributed by atoms with Crippen molar-refractivity contribution in [2.45, 2.75) is 39.2 Å². The number of aromatic nitrogens is 5. The highest BCUT2D eigenvalue weighted by molar-refractivity contribution is 5.80. The maximum Gasteiger partial charge on any atom is 0.184 e. The Labute approximate surface area is 118 Å². The molecule has 2 N–H and O–H groups in total. The second-order valence-corrected chi connectivity index (χ2v) is 5.87. The van der Waals surface area contributed by atoms with Gasteiger partial charge in [-0.3, -0.25) is 0 Å². The molecule has 2 aromatic rings. The van der Waals surface area contributed by atoms with Crippen molar-refractivity contribution in [3.63, 3.8) is 0 Å². The molecule has 1 aliphatic rings. The zero-order chi connectivity index (χ0) is 14.3. The lowest BCUT2D eigenvalue weighted by Gasteiger charge is -2.34. The number of fused-ring (bicyclic) bond motifs is 1. The normalized spacial score (nSPS) is 26.8. The summed E-state index contributed by atoms with van der Waals surface area (Å²) in [4.78, 5) is 8.27. The molecule has 6 heteroatoms. The highest BCUT2D eigenvalue weighted by Crippen LogP contribution is 2.40. The molecule has 0 radical (unpaired) electrons. The van der Waals surface area contributed by atoms with Crippen molar-refractivity contribution in [2.24, 2.45) is 11.8 Å². The first-order valence-electron chi connectivity index (χ1n) is 7.04. The summed E-state index contributed by atoms with van der Waals surface area (Å²) in [5, 5.41) is 8.42. The summed E-state index contributed by atoms with van der Waals surface area (Å²) in [6.45, 7) is 8.47. The van der Waals surface area contributed by atoms with E-state index in [4.69, 9.17) is 5.73 Å². The number of hydrogen-bond acceptors (Lipinski definition) is 5. The van der Waals surface area contributed by atoms with Gasteiger partial charge in [0.2, 0.25) is 0 Å². The molecule has 0 aliphatic heterocycles. The zero-order valence-electron chi connectivity index (χ0n) is 12.0. The van der Waals surface area contributed by atoms with Gasteiger partial charge in [-0.25, -0.2) is 14.6 Å². The molecule has 0 spiro atoms. The van der Waals surface area contributed by atoms with Crippen LogP contribution in [0.1, 0.15) is 39.2 Å². The van der Waals surface area contributed by atoms with Crippen molar-refractivity contribution in [1.29, 1.82) is 0 Å². The third kappa shape index (κ3) is 2.05. The third-order valence-electron chi connectivity index (χ3n) is 4.45. The predicted molar refractivity (Wildman–Crippen MR) is 77.9 cm³/mol. The summed E-state index contributed by atoms with van der Waals surface area (Å²) in [6.07, 6.45) is 4.89. The standard InChI is InChI=1S/C14H20N6/c1-8(2)10-5-4-9(3)11(6-10)20-14-12(18-19-20)13(15)16-7-17-14/h7,9-11H,1,4-6H2,2-3H3,(H2,15,16,17)/t9-,10-,11-/m0/s1. The van der Waals surface area contributed by atoms with E-state index < -0.39 is 0 Å². The van der Waals surface area contributed by atoms with Gasteiger partial charge in [-0.05, 0) is 38.0 Å². The van der Waals surface area contributed by atoms with Crippen molar-refractivity contribution in [2.75, 3.05) is 5.73 Å². The minimum atomic E-state index is 0.296. The Bertz CT molecular complexity index is 646. The van der Waals surface area contributed by atoms with Gasteiger partial charge in [-0.1, -0.05) is 24.3 Å². The van der Waals surface area contributed by atoms with Gasteiger partial charge in [-0.2, -0.15) is 0 Å². The Morgan fingerprint density at radius 3 is 2.95 bits per heavy atom. The maximum atomic E-state index is 5.83. The van der Waals surface area contributed by atoms with Crippen LogP contribution in [0, 0.1) is 11.8 Å². The summed E-state index contributed by atoms with van der Waals surface area (Å²) < 4.78 is 1.92. The molecule has 2 aromatic heterocycles. The lowest BCUT2D eigenvalue weighted by molar-refractivity contribution is 0.203. The fraction of sp³-hybridized carbons (Fsp3) is 0.571. The Morgan fingerprint density at radius 1 is 1.40 bits per heavy atom. The number of allylic oxidation sites excluding steroid dienone is 1. The van der Waals surface area contributed by atoms with E-state index >= 15 is 0 Å². The average Bonchev–Trinajstić information content (AvgIpc) is 2.84. The molecule has 3 atom stereocenters. The van der Waals surface area contributed by atoms with Crippen molar-refractivity contribution in [3.05, 3.63) is 18.5 Å². The number of nitrogen functional groups attached to an aromatic ring is 1. The lowest BCUT2D eigenvalue weighted by Crippen LogP contribution is -2.27. The van der Waals surface area contributed by atoms with E-state index in [0.29, 0.717) is 29.2 Å². The fourth-order valence-corrected chi connectivity index (χ4v) is 3.09. The molecule has 6 nitrogen and oxygen atoms in total. The average molecular weight is 272 g/mol. The summed E-state index contributed by atoms with van der Waals surface area (Å²) in [5.41, 5.74) is 8.41. The number of hydrogen-bond donors (Lipinski definition) is 1. The van der Waals surface area contributed by atoms with Crippen molar-refractivity contribution < 1.29 is 0 Å². The van der Waals surface area contributed by atoms with Gasteiger partial charge in [-0.15, -0.1) is 5.10 Å². The third-order valence-corrected chi connectivity index (χ3v) is 4.45. The summed E-state index contributed by atoms with van der Waals surface area (Å²) in [6, 6.07) is 0.296. The Hall–Kier alpha value is -1.98. The first-order valence-corrected chi connectivity index (χ1v) is 7.04. The first kappa shape index (κ1) is 13.0. The Morgan fingerprint density at radius 2 is 2.20 bits per heavy atom. The van der Waals surface area contributed by atoms with Gasteiger partial charge in [0.05, 0.1) is 6.04 Å². The monoisotopic (exact) mass is 272 g/mol. The molecule has 1 fully saturated rings. The van der Waals surface area contributed by atoms with Crippen LogP contribution in [0.5, 0.6) is 0 Å². The second kappa shape index (κ2) is 4.85. The summed E-state index contributed by atoms with van der Waals surface area (Å²) in [7, 11) is 0. The van der Waals surface area contributed by atoms with Crippen molar-refractivity contribution in [3.8, 4) is 0 Å². The van der Waals surface area contributed by atoms with Crippen LogP contribution < -0.4 is 5.73 Å². The molecule has 0 aromatic carbocycles. The van der Waals surface area contributed by atoms with Crippen LogP contribution in [0.3, 0.4) is 0 Å². The molecular formula is C14H20N6. The molecule has 1 saturated carbocycles. The molecule has 20 heavy (non-hydrogen) atoms. The Kier molecular flexibility index (Phi) is 3.16. The fourth-order valence-electron chi connectivity index (χ4n) is 3.09. The molecular weight excluding hydrogens is 252 g/mol. The molecule has 0 saturated heterocycles. The smallest absolute Gasteiger partial charge is 0.184 e. The van der Waals surface area contributed by atoms with Crippen LogP contribution in [-0.4, -0.2) is 25.0 Å². The zero-order valence-corrected chi connectivity index (χ0v) is 12.0. The number of nitrogens with two attached hydrogens (primary N) is 1. The van der Waals surface area contributed by atoms with Crippen LogP contribution in [0.4, 0.5) is 5.82 Å². The molecule has 0 bridgehead atoms. The van der Waals surface area contributed by atoms with Crippen LogP contribution >= 0.6 is 0 Å². The second-order valence-electron chi connectivity index (χ2n) is 5.87. The van der Waals surface area contributed by atoms with E-state index in [-0.39, 0.29) is 0 Å². The van der Waals surface area contributed by atoms with Crippen LogP contribution in [0.25, 0.3) is 11.2 Å². The molecule has 106 valence electrons. The van der Waals surface area contributed by atoms with E-state index in [9.17, 15) is 0 Å². The Balaban J connectivity index is 2.00. The van der Waals surface area contributed by atoms with E-state index in [0.717, 1.165) is 12.1 Å². The minimum Gasteiger partial charge on any atom is -0.382 e. The van der Waals surface area contributed by atoms with Crippen molar-refractivity contribution >= 4 is 17.0 Å². The predicted octanol–water partition coefficient (Wildman–Crippen LogP) is 2.36. The van der Waals surface area contributed by atoms with Gasteiger partial charge < -0.3 is 5.73 Å². The van der Waals surface area contributed by atoms with Crippen LogP contribution in [0.15, 0.2) is 18.5 Å². The van der Waals surface area contributed by atoms with Crippen molar-refractivity contribution in [1.82, 2.24) is 25.0 Å². The van der Waals surface area contributed by atoms with Gasteiger partial charge >= 0.3 is 0 Å². The van der Waals surface area contributed by atoms with E-state index in [1.54, 1.807) is 0 Å². The molecule has 0 amide bonds. The van der Waals surface area contributed by atoms with Crippen LogP contribution in [0.2, 0.25) is 0 Å². The van der Waals surface area contributed by atoms with Crippen LogP contribution in [-0.2, 0) is 0 Å². The summed E-state index contributed by atoms with van der Waals surface area (Å²) in [5.74, 6) is 1.49. The SMILES string of the molecule is C=C(C)[C@H]1CC[C@H](C)[C@@H](n2nnc3c(N)ncnc32)C1. The lowest BCUT2D eigenvalue weighted by atomic mass is 9.76. The van der Waals surface area contributed by atoms with Gasteiger partial charge in [0.25, 0.3) is 0 Å². The highest BCUT2D eigenvalue weighted by atomic mass is 15.5. The van der Waals surface area contributed by atoms with E-state index in [1.807, 2.05) is 4.68 Å². The molecule has 3 rings (SSSR count). The topological polar surface area (TPSA) is 82.5 Å². The highest BCUT2D eigenvalue weighted by Gasteiger charge is 2.31. The minimum absolute atomic E-state index is 0.296. The maximum absolute atomic E-state index is 5.83. The largest absolute Gasteiger partial charge is 0.382 e. The number of nitrogens with zero attached hydrogens (tertiary/aromatic N) is 5. The number of anilines is 1. The molecule has 0 unspecified atom stereocenters. The number of rotatable bonds is 2.